The number of ketones is 1. The van der Waals surface area contributed by atoms with Gasteiger partial charge in [-0.05, 0) is 12.0 Å². The van der Waals surface area contributed by atoms with Crippen LogP contribution in [-0.4, -0.2) is 25.7 Å². The van der Waals surface area contributed by atoms with Crippen molar-refractivity contribution in [2.24, 2.45) is 5.92 Å². The number of hydrogen-bond acceptors (Lipinski definition) is 3. The molecule has 0 aliphatic heterocycles. The van der Waals surface area contributed by atoms with Gasteiger partial charge in [0.2, 0.25) is 7.37 Å². The molecule has 0 radical (unpaired) electrons. The summed E-state index contributed by atoms with van der Waals surface area (Å²) in [6, 6.07) is 9.83. The molecule has 0 N–H and O–H groups in total. The molecular weight excluding hydrogens is 235 g/mol. The van der Waals surface area contributed by atoms with E-state index in [9.17, 15) is 9.36 Å². The summed E-state index contributed by atoms with van der Waals surface area (Å²) in [6.07, 6.45) is 0.709. The average Bonchev–Trinajstić information content (AvgIpc) is 2.30. The zero-order valence-electron chi connectivity index (χ0n) is 10.6. The molecule has 3 nitrogen and oxygen atoms in total. The van der Waals surface area contributed by atoms with Crippen LogP contribution in [0.25, 0.3) is 0 Å². The van der Waals surface area contributed by atoms with Crippen molar-refractivity contribution in [2.75, 3.05) is 19.9 Å². The average molecular weight is 254 g/mol. The first kappa shape index (κ1) is 14.1. The first-order chi connectivity index (χ1) is 7.94. The molecule has 17 heavy (non-hydrogen) atoms. The highest BCUT2D eigenvalue weighted by Crippen LogP contribution is 2.41. The minimum absolute atomic E-state index is 0.00142. The summed E-state index contributed by atoms with van der Waals surface area (Å²) in [7, 11) is -1.35. The van der Waals surface area contributed by atoms with Crippen molar-refractivity contribution < 1.29 is 13.9 Å². The summed E-state index contributed by atoms with van der Waals surface area (Å²) in [5.41, 5.74) is 1.12. The molecule has 1 rings (SSSR count). The lowest BCUT2D eigenvalue weighted by molar-refractivity contribution is -0.120. The molecule has 0 saturated heterocycles. The van der Waals surface area contributed by atoms with Gasteiger partial charge in [0.05, 0.1) is 6.16 Å². The second kappa shape index (κ2) is 6.13. The van der Waals surface area contributed by atoms with Crippen LogP contribution < -0.4 is 0 Å². The second-order valence-corrected chi connectivity index (χ2v) is 7.12. The van der Waals surface area contributed by atoms with E-state index in [-0.39, 0.29) is 17.9 Å². The van der Waals surface area contributed by atoms with Gasteiger partial charge in [0.15, 0.2) is 0 Å². The summed E-state index contributed by atoms with van der Waals surface area (Å²) >= 11 is 0. The van der Waals surface area contributed by atoms with Crippen molar-refractivity contribution >= 4 is 13.2 Å². The largest absolute Gasteiger partial charge is 0.332 e. The maximum Gasteiger partial charge on any atom is 0.207 e. The number of hydrogen-bond donors (Lipinski definition) is 0. The van der Waals surface area contributed by atoms with E-state index in [1.807, 2.05) is 37.3 Å². The van der Waals surface area contributed by atoms with E-state index >= 15 is 0 Å². The molecule has 0 saturated carbocycles. The number of carbonyl (C=O) groups excluding carboxylic acids is 1. The van der Waals surface area contributed by atoms with E-state index in [2.05, 4.69) is 0 Å². The Kier molecular flexibility index (Phi) is 5.10. The van der Waals surface area contributed by atoms with Crippen molar-refractivity contribution in [1.82, 2.24) is 0 Å². The Morgan fingerprint density at radius 2 is 1.94 bits per heavy atom. The highest BCUT2D eigenvalue weighted by Gasteiger charge is 2.23. The van der Waals surface area contributed by atoms with Gasteiger partial charge in [0.25, 0.3) is 0 Å². The number of benzene rings is 1. The number of carbonyl (C=O) groups is 1. The maximum absolute atomic E-state index is 11.9. The van der Waals surface area contributed by atoms with Crippen LogP contribution in [0.1, 0.15) is 12.5 Å². The van der Waals surface area contributed by atoms with Crippen LogP contribution in [0.2, 0.25) is 0 Å². The van der Waals surface area contributed by atoms with E-state index in [4.69, 9.17) is 4.52 Å². The predicted octanol–water partition coefficient (Wildman–Crippen LogP) is 2.99. The van der Waals surface area contributed by atoms with Crippen LogP contribution in [0.5, 0.6) is 0 Å². The highest BCUT2D eigenvalue weighted by molar-refractivity contribution is 7.59. The van der Waals surface area contributed by atoms with Gasteiger partial charge in [-0.3, -0.25) is 9.36 Å². The summed E-state index contributed by atoms with van der Waals surface area (Å²) in [5, 5.41) is 0. The highest BCUT2D eigenvalue weighted by atomic mass is 31.2. The van der Waals surface area contributed by atoms with E-state index in [0.717, 1.165) is 5.56 Å². The Morgan fingerprint density at radius 1 is 1.35 bits per heavy atom. The molecule has 1 aromatic carbocycles. The van der Waals surface area contributed by atoms with Gasteiger partial charge in [-0.2, -0.15) is 0 Å². The van der Waals surface area contributed by atoms with Gasteiger partial charge < -0.3 is 4.52 Å². The van der Waals surface area contributed by atoms with E-state index in [0.29, 0.717) is 6.42 Å². The molecule has 0 bridgehead atoms. The summed E-state index contributed by atoms with van der Waals surface area (Å²) in [5.74, 6) is -0.123. The monoisotopic (exact) mass is 254 g/mol. The standard InChI is InChI=1S/C13H19O3P/c1-11(9-12-7-5-4-6-8-12)13(14)10-17(3,15)16-2/h4-8,11H,9-10H2,1-3H3/t11-,17?/m0/s1. The normalized spacial score (nSPS) is 16.2. The van der Waals surface area contributed by atoms with E-state index in [1.54, 1.807) is 0 Å². The van der Waals surface area contributed by atoms with Gasteiger partial charge in [-0.15, -0.1) is 0 Å². The van der Waals surface area contributed by atoms with Gasteiger partial charge in [-0.25, -0.2) is 0 Å². The lowest BCUT2D eigenvalue weighted by Gasteiger charge is -2.14. The van der Waals surface area contributed by atoms with E-state index in [1.165, 1.54) is 13.8 Å². The fourth-order valence-corrected chi connectivity index (χ4v) is 2.59. The molecular formula is C13H19O3P. The second-order valence-electron chi connectivity index (χ2n) is 4.41. The summed E-state index contributed by atoms with van der Waals surface area (Å²) < 4.78 is 16.6. The molecule has 0 amide bonds. The lowest BCUT2D eigenvalue weighted by atomic mass is 9.98. The van der Waals surface area contributed by atoms with Gasteiger partial charge in [-0.1, -0.05) is 37.3 Å². The Hall–Kier alpha value is -0.920. The fraction of sp³-hybridized carbons (Fsp3) is 0.462. The molecule has 0 aliphatic rings. The zero-order valence-corrected chi connectivity index (χ0v) is 11.4. The molecule has 4 heteroatoms. The van der Waals surface area contributed by atoms with Gasteiger partial charge >= 0.3 is 0 Å². The fourth-order valence-electron chi connectivity index (χ4n) is 1.58. The number of Topliss-reactive ketones (excluding diaryl/α,β-unsaturated/α-hetero) is 1. The quantitative estimate of drug-likeness (QED) is 0.733. The summed E-state index contributed by atoms with van der Waals surface area (Å²) in [4.78, 5) is 11.9. The van der Waals surface area contributed by atoms with Crippen molar-refractivity contribution in [3.63, 3.8) is 0 Å². The van der Waals surface area contributed by atoms with Crippen LogP contribution >= 0.6 is 7.37 Å². The van der Waals surface area contributed by atoms with Crippen LogP contribution in [0.3, 0.4) is 0 Å². The minimum atomic E-state index is -2.74. The molecule has 2 atom stereocenters. The van der Waals surface area contributed by atoms with Crippen molar-refractivity contribution in [3.8, 4) is 0 Å². The van der Waals surface area contributed by atoms with Crippen molar-refractivity contribution in [1.29, 1.82) is 0 Å². The molecule has 0 spiro atoms. The van der Waals surface area contributed by atoms with Crippen LogP contribution in [0.15, 0.2) is 30.3 Å². The third-order valence-electron chi connectivity index (χ3n) is 2.76. The van der Waals surface area contributed by atoms with E-state index < -0.39 is 7.37 Å². The molecule has 1 unspecified atom stereocenters. The van der Waals surface area contributed by atoms with Crippen molar-refractivity contribution in [3.05, 3.63) is 35.9 Å². The smallest absolute Gasteiger partial charge is 0.207 e. The van der Waals surface area contributed by atoms with Gasteiger partial charge in [0.1, 0.15) is 5.78 Å². The summed E-state index contributed by atoms with van der Waals surface area (Å²) in [6.45, 7) is 3.37. The molecule has 0 aliphatic carbocycles. The third-order valence-corrected chi connectivity index (χ3v) is 4.42. The first-order valence-electron chi connectivity index (χ1n) is 5.63. The predicted molar refractivity (Wildman–Crippen MR) is 69.7 cm³/mol. The van der Waals surface area contributed by atoms with Gasteiger partial charge in [0, 0.05) is 19.7 Å². The third kappa shape index (κ3) is 4.84. The molecule has 1 aromatic rings. The Morgan fingerprint density at radius 3 is 2.47 bits per heavy atom. The topological polar surface area (TPSA) is 43.4 Å². The lowest BCUT2D eigenvalue weighted by Crippen LogP contribution is -2.18. The van der Waals surface area contributed by atoms with Crippen LogP contribution in [0, 0.1) is 5.92 Å². The van der Waals surface area contributed by atoms with Crippen LogP contribution in [0.4, 0.5) is 0 Å². The molecule has 0 heterocycles. The van der Waals surface area contributed by atoms with Crippen LogP contribution in [-0.2, 0) is 20.3 Å². The zero-order chi connectivity index (χ0) is 12.9. The molecule has 94 valence electrons. The maximum atomic E-state index is 11.9. The Bertz CT molecular complexity index is 414. The Balaban J connectivity index is 2.57. The Labute approximate surface area is 103 Å². The molecule has 0 aromatic heterocycles. The SMILES string of the molecule is COP(C)(=O)CC(=O)[C@@H](C)Cc1ccccc1. The molecule has 0 fully saturated rings. The minimum Gasteiger partial charge on any atom is -0.332 e. The number of rotatable bonds is 6. The first-order valence-corrected chi connectivity index (χ1v) is 7.89. The van der Waals surface area contributed by atoms with Crippen molar-refractivity contribution in [2.45, 2.75) is 13.3 Å².